The standard InChI is InChI=1S/C10H17NO2/c1-8(2)10(3,11-4)7-6-9(12)13-5/h8H,6-7H2,1-3,5H3. The number of ether oxygens (including phenoxy) is 1. The van der Waals surface area contributed by atoms with Crippen LogP contribution in [0.3, 0.4) is 0 Å². The minimum Gasteiger partial charge on any atom is -0.469 e. The molecule has 0 rings (SSSR count). The highest BCUT2D eigenvalue weighted by atomic mass is 16.5. The van der Waals surface area contributed by atoms with Gasteiger partial charge in [0.2, 0.25) is 5.54 Å². The summed E-state index contributed by atoms with van der Waals surface area (Å²) in [4.78, 5) is 14.4. The maximum atomic E-state index is 10.9. The summed E-state index contributed by atoms with van der Waals surface area (Å²) in [5.74, 6) is 0.0187. The van der Waals surface area contributed by atoms with Crippen LogP contribution in [0.5, 0.6) is 0 Å². The zero-order valence-corrected chi connectivity index (χ0v) is 8.76. The smallest absolute Gasteiger partial charge is 0.305 e. The molecule has 3 heteroatoms. The summed E-state index contributed by atoms with van der Waals surface area (Å²) >= 11 is 0. The maximum Gasteiger partial charge on any atom is 0.305 e. The summed E-state index contributed by atoms with van der Waals surface area (Å²) in [5.41, 5.74) is -0.436. The first kappa shape index (κ1) is 12.0. The summed E-state index contributed by atoms with van der Waals surface area (Å²) in [7, 11) is 1.37. The fraction of sp³-hybridized carbons (Fsp3) is 0.800. The van der Waals surface area contributed by atoms with E-state index in [9.17, 15) is 4.79 Å². The van der Waals surface area contributed by atoms with Crippen molar-refractivity contribution in [3.63, 3.8) is 0 Å². The van der Waals surface area contributed by atoms with Crippen molar-refractivity contribution in [3.8, 4) is 0 Å². The molecule has 0 aliphatic rings. The number of hydrogen-bond donors (Lipinski definition) is 0. The van der Waals surface area contributed by atoms with Gasteiger partial charge >= 0.3 is 5.97 Å². The summed E-state index contributed by atoms with van der Waals surface area (Å²) in [6, 6.07) is 0. The first-order valence-electron chi connectivity index (χ1n) is 4.41. The Bertz CT molecular complexity index is 217. The second kappa shape index (κ2) is 4.86. The second-order valence-electron chi connectivity index (χ2n) is 3.70. The number of hydrogen-bond acceptors (Lipinski definition) is 2. The van der Waals surface area contributed by atoms with Gasteiger partial charge in [-0.15, -0.1) is 0 Å². The highest BCUT2D eigenvalue weighted by Gasteiger charge is 2.34. The SMILES string of the molecule is [C-]#[N+]C(C)(CCC(=O)OC)C(C)C. The molecular weight excluding hydrogens is 166 g/mol. The van der Waals surface area contributed by atoms with Crippen LogP contribution in [0.25, 0.3) is 4.85 Å². The van der Waals surface area contributed by atoms with Crippen molar-refractivity contribution >= 4 is 5.97 Å². The van der Waals surface area contributed by atoms with Crippen LogP contribution in [0.2, 0.25) is 0 Å². The van der Waals surface area contributed by atoms with Crippen molar-refractivity contribution in [2.24, 2.45) is 5.92 Å². The van der Waals surface area contributed by atoms with E-state index in [4.69, 9.17) is 6.57 Å². The van der Waals surface area contributed by atoms with Gasteiger partial charge in [-0.1, -0.05) is 13.8 Å². The van der Waals surface area contributed by atoms with E-state index in [-0.39, 0.29) is 11.9 Å². The van der Waals surface area contributed by atoms with E-state index in [0.717, 1.165) is 0 Å². The number of nitrogens with zero attached hydrogens (tertiary/aromatic N) is 1. The molecule has 3 nitrogen and oxygen atoms in total. The normalized spacial score (nSPS) is 14.8. The Morgan fingerprint density at radius 2 is 2.15 bits per heavy atom. The first-order chi connectivity index (χ1) is 5.96. The molecule has 13 heavy (non-hydrogen) atoms. The molecule has 0 radical (unpaired) electrons. The molecule has 0 heterocycles. The molecule has 0 aromatic heterocycles. The molecule has 74 valence electrons. The van der Waals surface area contributed by atoms with Crippen molar-refractivity contribution in [1.29, 1.82) is 0 Å². The highest BCUT2D eigenvalue weighted by molar-refractivity contribution is 5.69. The van der Waals surface area contributed by atoms with Crippen LogP contribution >= 0.6 is 0 Å². The van der Waals surface area contributed by atoms with Crippen LogP contribution in [-0.4, -0.2) is 18.6 Å². The maximum absolute atomic E-state index is 10.9. The third kappa shape index (κ3) is 3.45. The second-order valence-corrected chi connectivity index (χ2v) is 3.70. The topological polar surface area (TPSA) is 30.7 Å². The quantitative estimate of drug-likeness (QED) is 0.494. The van der Waals surface area contributed by atoms with E-state index in [2.05, 4.69) is 9.58 Å². The van der Waals surface area contributed by atoms with Gasteiger partial charge in [0.15, 0.2) is 0 Å². The van der Waals surface area contributed by atoms with Gasteiger partial charge < -0.3 is 9.58 Å². The molecule has 0 bridgehead atoms. The van der Waals surface area contributed by atoms with Crippen molar-refractivity contribution in [1.82, 2.24) is 0 Å². The molecule has 0 N–H and O–H groups in total. The predicted octanol–water partition coefficient (Wildman–Crippen LogP) is 2.27. The van der Waals surface area contributed by atoms with Crippen LogP contribution in [0.15, 0.2) is 0 Å². The van der Waals surface area contributed by atoms with E-state index in [1.807, 2.05) is 20.8 Å². The predicted molar refractivity (Wildman–Crippen MR) is 51.1 cm³/mol. The van der Waals surface area contributed by atoms with E-state index in [0.29, 0.717) is 12.8 Å². The Morgan fingerprint density at radius 3 is 2.46 bits per heavy atom. The minimum atomic E-state index is -0.436. The largest absolute Gasteiger partial charge is 0.469 e. The van der Waals surface area contributed by atoms with Gasteiger partial charge in [-0.25, -0.2) is 6.57 Å². The minimum absolute atomic E-state index is 0.240. The fourth-order valence-corrected chi connectivity index (χ4v) is 0.931. The van der Waals surface area contributed by atoms with Gasteiger partial charge in [0.05, 0.1) is 13.5 Å². The van der Waals surface area contributed by atoms with E-state index < -0.39 is 5.54 Å². The van der Waals surface area contributed by atoms with Crippen LogP contribution in [0, 0.1) is 12.5 Å². The Morgan fingerprint density at radius 1 is 1.62 bits per heavy atom. The number of carbonyl (C=O) groups is 1. The number of esters is 1. The van der Waals surface area contributed by atoms with Crippen LogP contribution in [0.4, 0.5) is 0 Å². The molecule has 0 aliphatic carbocycles. The first-order valence-corrected chi connectivity index (χ1v) is 4.41. The van der Waals surface area contributed by atoms with Crippen molar-refractivity contribution in [2.45, 2.75) is 39.2 Å². The molecule has 1 atom stereocenters. The summed E-state index contributed by atoms with van der Waals surface area (Å²) in [5, 5.41) is 0. The monoisotopic (exact) mass is 183 g/mol. The average molecular weight is 183 g/mol. The van der Waals surface area contributed by atoms with Crippen LogP contribution in [0.1, 0.15) is 33.6 Å². The number of rotatable bonds is 4. The Kier molecular flexibility index (Phi) is 4.47. The molecule has 0 saturated heterocycles. The fourth-order valence-electron chi connectivity index (χ4n) is 0.931. The Balaban J connectivity index is 4.16. The van der Waals surface area contributed by atoms with Gasteiger partial charge in [0.25, 0.3) is 0 Å². The molecule has 0 saturated carbocycles. The molecule has 0 aromatic carbocycles. The van der Waals surface area contributed by atoms with Crippen molar-refractivity contribution in [3.05, 3.63) is 11.4 Å². The summed E-state index contributed by atoms with van der Waals surface area (Å²) in [6.45, 7) is 12.9. The lowest BCUT2D eigenvalue weighted by atomic mass is 9.85. The van der Waals surface area contributed by atoms with Gasteiger partial charge in [-0.2, -0.15) is 0 Å². The molecule has 0 spiro atoms. The Hall–Kier alpha value is -1.04. The lowest BCUT2D eigenvalue weighted by Crippen LogP contribution is -2.28. The van der Waals surface area contributed by atoms with E-state index >= 15 is 0 Å². The lowest BCUT2D eigenvalue weighted by molar-refractivity contribution is -0.141. The van der Waals surface area contributed by atoms with Crippen LogP contribution in [-0.2, 0) is 9.53 Å². The van der Waals surface area contributed by atoms with Gasteiger partial charge in [-0.05, 0) is 0 Å². The molecule has 1 unspecified atom stereocenters. The average Bonchev–Trinajstić information content (AvgIpc) is 2.13. The molecule has 0 aliphatic heterocycles. The van der Waals surface area contributed by atoms with E-state index in [1.54, 1.807) is 0 Å². The molecular formula is C10H17NO2. The van der Waals surface area contributed by atoms with Crippen molar-refractivity contribution < 1.29 is 9.53 Å². The van der Waals surface area contributed by atoms with Gasteiger partial charge in [0, 0.05) is 19.3 Å². The van der Waals surface area contributed by atoms with E-state index in [1.165, 1.54) is 7.11 Å². The zero-order valence-electron chi connectivity index (χ0n) is 8.76. The third-order valence-corrected chi connectivity index (χ3v) is 2.56. The summed E-state index contributed by atoms with van der Waals surface area (Å²) in [6.07, 6.45) is 0.897. The van der Waals surface area contributed by atoms with Gasteiger partial charge in [-0.3, -0.25) is 4.79 Å². The molecule has 0 amide bonds. The molecule has 0 fully saturated rings. The van der Waals surface area contributed by atoms with Crippen LogP contribution < -0.4 is 0 Å². The zero-order chi connectivity index (χ0) is 10.5. The number of carbonyl (C=O) groups excluding carboxylic acids is 1. The highest BCUT2D eigenvalue weighted by Crippen LogP contribution is 2.26. The Labute approximate surface area is 79.9 Å². The molecule has 0 aromatic rings. The van der Waals surface area contributed by atoms with Gasteiger partial charge in [0.1, 0.15) is 0 Å². The number of methoxy groups -OCH3 is 1. The van der Waals surface area contributed by atoms with Crippen molar-refractivity contribution in [2.75, 3.05) is 7.11 Å². The summed E-state index contributed by atoms with van der Waals surface area (Å²) < 4.78 is 4.53. The lowest BCUT2D eigenvalue weighted by Gasteiger charge is -2.20. The third-order valence-electron chi connectivity index (χ3n) is 2.56.